The van der Waals surface area contributed by atoms with Gasteiger partial charge < -0.3 is 5.11 Å². The van der Waals surface area contributed by atoms with Gasteiger partial charge in [-0.15, -0.1) is 5.10 Å². The first-order valence-corrected chi connectivity index (χ1v) is 4.06. The molecule has 0 fully saturated rings. The average molecular weight is 184 g/mol. The first-order valence-electron chi connectivity index (χ1n) is 4.06. The van der Waals surface area contributed by atoms with Gasteiger partial charge in [0.2, 0.25) is 0 Å². The van der Waals surface area contributed by atoms with Crippen LogP contribution in [0.15, 0.2) is 6.33 Å². The Balaban J connectivity index is 2.75. The van der Waals surface area contributed by atoms with E-state index in [1.54, 1.807) is 0 Å². The number of carboxylic acid groups (broad SMARTS) is 1. The van der Waals surface area contributed by atoms with Crippen LogP contribution in [-0.4, -0.2) is 31.3 Å². The van der Waals surface area contributed by atoms with Gasteiger partial charge in [0.15, 0.2) is 6.04 Å². The number of nitrogens with zero attached hydrogens (tertiary/aromatic N) is 4. The van der Waals surface area contributed by atoms with E-state index in [4.69, 9.17) is 5.11 Å². The summed E-state index contributed by atoms with van der Waals surface area (Å²) < 4.78 is 1.27. The molecule has 1 aromatic rings. The van der Waals surface area contributed by atoms with Crippen molar-refractivity contribution in [2.24, 2.45) is 5.92 Å². The summed E-state index contributed by atoms with van der Waals surface area (Å²) in [4.78, 5) is 10.8. The van der Waals surface area contributed by atoms with Gasteiger partial charge >= 0.3 is 5.97 Å². The molecule has 0 radical (unpaired) electrons. The van der Waals surface area contributed by atoms with E-state index in [1.807, 2.05) is 13.8 Å². The van der Waals surface area contributed by atoms with Gasteiger partial charge in [0, 0.05) is 0 Å². The Morgan fingerprint density at radius 1 is 1.62 bits per heavy atom. The molecule has 0 bridgehead atoms. The molecule has 0 aliphatic heterocycles. The highest BCUT2D eigenvalue weighted by Crippen LogP contribution is 2.15. The second-order valence-electron chi connectivity index (χ2n) is 3.27. The van der Waals surface area contributed by atoms with Gasteiger partial charge in [0.1, 0.15) is 6.33 Å². The Morgan fingerprint density at radius 3 is 2.69 bits per heavy atom. The summed E-state index contributed by atoms with van der Waals surface area (Å²) in [6, 6.07) is -0.657. The fourth-order valence-corrected chi connectivity index (χ4v) is 1.08. The van der Waals surface area contributed by atoms with Crippen LogP contribution in [0, 0.1) is 5.92 Å². The molecule has 0 spiro atoms. The zero-order valence-corrected chi connectivity index (χ0v) is 7.58. The van der Waals surface area contributed by atoms with Crippen LogP contribution in [-0.2, 0) is 4.79 Å². The van der Waals surface area contributed by atoms with Crippen LogP contribution in [0.3, 0.4) is 0 Å². The van der Waals surface area contributed by atoms with Crippen LogP contribution >= 0.6 is 0 Å². The van der Waals surface area contributed by atoms with E-state index < -0.39 is 12.0 Å². The summed E-state index contributed by atoms with van der Waals surface area (Å²) in [5.74, 6) is -0.605. The summed E-state index contributed by atoms with van der Waals surface area (Å²) in [6.07, 6.45) is 1.85. The Hall–Kier alpha value is -1.46. The second-order valence-corrected chi connectivity index (χ2v) is 3.27. The molecule has 1 heterocycles. The van der Waals surface area contributed by atoms with Gasteiger partial charge in [-0.1, -0.05) is 13.8 Å². The van der Waals surface area contributed by atoms with E-state index in [2.05, 4.69) is 15.5 Å². The topological polar surface area (TPSA) is 80.9 Å². The van der Waals surface area contributed by atoms with Crippen LogP contribution < -0.4 is 0 Å². The number of tetrazole rings is 1. The maximum Gasteiger partial charge on any atom is 0.328 e. The molecule has 0 saturated carbocycles. The van der Waals surface area contributed by atoms with Crippen molar-refractivity contribution in [1.82, 2.24) is 20.2 Å². The molecule has 13 heavy (non-hydrogen) atoms. The lowest BCUT2D eigenvalue weighted by Gasteiger charge is -2.13. The van der Waals surface area contributed by atoms with Gasteiger partial charge in [-0.05, 0) is 22.8 Å². The van der Waals surface area contributed by atoms with E-state index in [0.29, 0.717) is 12.3 Å². The van der Waals surface area contributed by atoms with E-state index in [-0.39, 0.29) is 0 Å². The molecule has 1 aromatic heterocycles. The Kier molecular flexibility index (Phi) is 2.94. The number of hydrogen-bond acceptors (Lipinski definition) is 4. The largest absolute Gasteiger partial charge is 0.480 e. The molecule has 1 N–H and O–H groups in total. The van der Waals surface area contributed by atoms with E-state index in [0.717, 1.165) is 0 Å². The second kappa shape index (κ2) is 3.97. The minimum Gasteiger partial charge on any atom is -0.480 e. The lowest BCUT2D eigenvalue weighted by molar-refractivity contribution is -0.141. The molecule has 0 aliphatic carbocycles. The van der Waals surface area contributed by atoms with Crippen LogP contribution in [0.2, 0.25) is 0 Å². The summed E-state index contributed by atoms with van der Waals surface area (Å²) in [5.41, 5.74) is 0. The van der Waals surface area contributed by atoms with Crippen LogP contribution in [0.5, 0.6) is 0 Å². The lowest BCUT2D eigenvalue weighted by atomic mass is 10.0. The first-order chi connectivity index (χ1) is 6.11. The molecule has 1 atom stereocenters. The summed E-state index contributed by atoms with van der Waals surface area (Å²) in [5, 5.41) is 19.2. The maximum absolute atomic E-state index is 10.8. The Bertz CT molecular complexity index is 270. The predicted octanol–water partition coefficient (Wildman–Crippen LogP) is 0.345. The number of hydrogen-bond donors (Lipinski definition) is 1. The Morgan fingerprint density at radius 2 is 2.31 bits per heavy atom. The molecule has 6 heteroatoms. The zero-order chi connectivity index (χ0) is 9.84. The van der Waals surface area contributed by atoms with Gasteiger partial charge in [-0.2, -0.15) is 0 Å². The third-order valence-corrected chi connectivity index (χ3v) is 1.66. The summed E-state index contributed by atoms with van der Waals surface area (Å²) >= 11 is 0. The third-order valence-electron chi connectivity index (χ3n) is 1.66. The highest BCUT2D eigenvalue weighted by Gasteiger charge is 2.21. The maximum atomic E-state index is 10.8. The number of rotatable bonds is 4. The van der Waals surface area contributed by atoms with Crippen molar-refractivity contribution < 1.29 is 9.90 Å². The minimum atomic E-state index is -0.902. The quantitative estimate of drug-likeness (QED) is 0.730. The van der Waals surface area contributed by atoms with E-state index in [9.17, 15) is 4.79 Å². The average Bonchev–Trinajstić information content (AvgIpc) is 2.50. The fraction of sp³-hybridized carbons (Fsp3) is 0.714. The van der Waals surface area contributed by atoms with Gasteiger partial charge in [0.25, 0.3) is 0 Å². The molecule has 0 unspecified atom stereocenters. The normalized spacial score (nSPS) is 13.2. The molecular formula is C7H12N4O2. The first kappa shape index (κ1) is 9.63. The number of aromatic nitrogens is 4. The third kappa shape index (κ3) is 2.50. The molecule has 0 saturated heterocycles. The van der Waals surface area contributed by atoms with Crippen LogP contribution in [0.25, 0.3) is 0 Å². The summed E-state index contributed by atoms with van der Waals surface area (Å²) in [6.45, 7) is 3.92. The SMILES string of the molecule is CC(C)C[C@H](C(=O)O)n1cnnn1. The van der Waals surface area contributed by atoms with Crippen molar-refractivity contribution in [2.75, 3.05) is 0 Å². The highest BCUT2D eigenvalue weighted by molar-refractivity contribution is 5.71. The van der Waals surface area contributed by atoms with Crippen molar-refractivity contribution in [1.29, 1.82) is 0 Å². The molecule has 0 aromatic carbocycles. The fourth-order valence-electron chi connectivity index (χ4n) is 1.08. The Labute approximate surface area is 75.6 Å². The standard InChI is InChI=1S/C7H12N4O2/c1-5(2)3-6(7(12)13)11-4-8-9-10-11/h4-6H,3H2,1-2H3,(H,12,13)/t6-/m1/s1. The molecule has 72 valence electrons. The van der Waals surface area contributed by atoms with E-state index in [1.165, 1.54) is 11.0 Å². The van der Waals surface area contributed by atoms with Crippen molar-refractivity contribution in [3.05, 3.63) is 6.33 Å². The van der Waals surface area contributed by atoms with Gasteiger partial charge in [0.05, 0.1) is 0 Å². The zero-order valence-electron chi connectivity index (χ0n) is 7.58. The summed E-state index contributed by atoms with van der Waals surface area (Å²) in [7, 11) is 0. The van der Waals surface area contributed by atoms with Crippen molar-refractivity contribution in [2.45, 2.75) is 26.3 Å². The molecular weight excluding hydrogens is 172 g/mol. The van der Waals surface area contributed by atoms with Crippen LogP contribution in [0.4, 0.5) is 0 Å². The van der Waals surface area contributed by atoms with Crippen molar-refractivity contribution >= 4 is 5.97 Å². The molecule has 0 aliphatic rings. The molecule has 1 rings (SSSR count). The number of aliphatic carboxylic acids is 1. The molecule has 6 nitrogen and oxygen atoms in total. The number of carboxylic acids is 1. The van der Waals surface area contributed by atoms with Crippen molar-refractivity contribution in [3.63, 3.8) is 0 Å². The minimum absolute atomic E-state index is 0.297. The van der Waals surface area contributed by atoms with Gasteiger partial charge in [-0.25, -0.2) is 9.48 Å². The predicted molar refractivity (Wildman–Crippen MR) is 43.9 cm³/mol. The van der Waals surface area contributed by atoms with E-state index >= 15 is 0 Å². The van der Waals surface area contributed by atoms with Gasteiger partial charge in [-0.3, -0.25) is 0 Å². The lowest BCUT2D eigenvalue weighted by Crippen LogP contribution is -2.21. The highest BCUT2D eigenvalue weighted by atomic mass is 16.4. The monoisotopic (exact) mass is 184 g/mol. The number of carbonyl (C=O) groups is 1. The molecule has 0 amide bonds. The van der Waals surface area contributed by atoms with Crippen LogP contribution in [0.1, 0.15) is 26.3 Å². The smallest absolute Gasteiger partial charge is 0.328 e. The van der Waals surface area contributed by atoms with Crippen molar-refractivity contribution in [3.8, 4) is 0 Å².